The summed E-state index contributed by atoms with van der Waals surface area (Å²) < 4.78 is 0. The fraction of sp³-hybridized carbons (Fsp3) is 0.286. The van der Waals surface area contributed by atoms with Crippen molar-refractivity contribution in [3.8, 4) is 10.6 Å². The Labute approximate surface area is 111 Å². The van der Waals surface area contributed by atoms with Gasteiger partial charge in [-0.2, -0.15) is 0 Å². The van der Waals surface area contributed by atoms with E-state index in [1.165, 1.54) is 11.3 Å². The number of hydrogen-bond acceptors (Lipinski definition) is 3. The predicted octanol–water partition coefficient (Wildman–Crippen LogP) is 4.15. The zero-order valence-electron chi connectivity index (χ0n) is 11.0. The smallest absolute Gasteiger partial charge is 0.355 e. The van der Waals surface area contributed by atoms with Crippen molar-refractivity contribution in [1.29, 1.82) is 0 Å². The summed E-state index contributed by atoms with van der Waals surface area (Å²) in [6.07, 6.45) is 0. The van der Waals surface area contributed by atoms with Crippen LogP contribution in [0.1, 0.15) is 35.5 Å². The minimum Gasteiger partial charge on any atom is -0.476 e. The number of hydrogen-bond donors (Lipinski definition) is 1. The van der Waals surface area contributed by atoms with Crippen LogP contribution in [0.25, 0.3) is 10.6 Å². The van der Waals surface area contributed by atoms with E-state index in [2.05, 4.69) is 4.98 Å². The average Bonchev–Trinajstić information content (AvgIpc) is 2.81. The number of aromatic nitrogens is 1. The lowest BCUT2D eigenvalue weighted by molar-refractivity contribution is 0.0691. The molecule has 0 saturated heterocycles. The highest BCUT2D eigenvalue weighted by molar-refractivity contribution is 7.13. The van der Waals surface area contributed by atoms with Gasteiger partial charge >= 0.3 is 5.97 Å². The molecule has 2 aromatic rings. The molecule has 1 heterocycles. The number of thiazole rings is 1. The molecule has 0 amide bonds. The van der Waals surface area contributed by atoms with Gasteiger partial charge in [0.15, 0.2) is 5.69 Å². The van der Waals surface area contributed by atoms with Crippen molar-refractivity contribution < 1.29 is 9.90 Å². The van der Waals surface area contributed by atoms with Gasteiger partial charge in [0.05, 0.1) is 0 Å². The van der Waals surface area contributed by atoms with Crippen molar-refractivity contribution in [1.82, 2.24) is 4.98 Å². The highest BCUT2D eigenvalue weighted by atomic mass is 32.1. The van der Waals surface area contributed by atoms with Crippen molar-refractivity contribution >= 4 is 17.3 Å². The lowest BCUT2D eigenvalue weighted by Gasteiger charge is -2.05. The van der Waals surface area contributed by atoms with Crippen LogP contribution >= 0.6 is 11.3 Å². The second kappa shape index (κ2) is 6.31. The minimum absolute atomic E-state index is 0.114. The van der Waals surface area contributed by atoms with E-state index in [4.69, 9.17) is 5.11 Å². The molecule has 1 aromatic carbocycles. The molecule has 1 aromatic heterocycles. The monoisotopic (exact) mass is 263 g/mol. The third-order valence-electron chi connectivity index (χ3n) is 2.42. The second-order valence-corrected chi connectivity index (χ2v) is 4.47. The van der Waals surface area contributed by atoms with Crippen LogP contribution in [0.2, 0.25) is 0 Å². The number of carbonyl (C=O) groups is 1. The lowest BCUT2D eigenvalue weighted by atomic mass is 10.0. The first-order valence-electron chi connectivity index (χ1n) is 5.85. The molecule has 0 aliphatic carbocycles. The van der Waals surface area contributed by atoms with Crippen LogP contribution in [0.15, 0.2) is 23.6 Å². The van der Waals surface area contributed by atoms with Crippen molar-refractivity contribution in [3.05, 3.63) is 40.4 Å². The Bertz CT molecular complexity index is 526. The topological polar surface area (TPSA) is 50.2 Å². The molecule has 96 valence electrons. The van der Waals surface area contributed by atoms with Crippen LogP contribution in [0.3, 0.4) is 0 Å². The normalized spacial score (nSPS) is 9.56. The standard InChI is InChI=1S/C12H11NO2S.C2H6/c1-7-4-3-5-8(2)10(7)11-13-9(6-16-11)12(14)15;1-2/h3-6H,1-2H3,(H,14,15);1-2H3. The maximum Gasteiger partial charge on any atom is 0.355 e. The van der Waals surface area contributed by atoms with Gasteiger partial charge in [-0.05, 0) is 25.0 Å². The van der Waals surface area contributed by atoms with Crippen LogP contribution in [0, 0.1) is 13.8 Å². The summed E-state index contributed by atoms with van der Waals surface area (Å²) in [7, 11) is 0. The maximum absolute atomic E-state index is 10.8. The summed E-state index contributed by atoms with van der Waals surface area (Å²) in [5.74, 6) is -0.978. The van der Waals surface area contributed by atoms with Crippen molar-refractivity contribution in [3.63, 3.8) is 0 Å². The summed E-state index contributed by atoms with van der Waals surface area (Å²) in [6, 6.07) is 5.99. The Morgan fingerprint density at radius 3 is 2.22 bits per heavy atom. The van der Waals surface area contributed by atoms with E-state index in [1.807, 2.05) is 45.9 Å². The summed E-state index contributed by atoms with van der Waals surface area (Å²) in [6.45, 7) is 8.01. The second-order valence-electron chi connectivity index (χ2n) is 3.61. The number of carboxylic acids is 1. The molecule has 0 aliphatic rings. The summed E-state index contributed by atoms with van der Waals surface area (Å²) >= 11 is 1.37. The van der Waals surface area contributed by atoms with E-state index in [-0.39, 0.29) is 5.69 Å². The Balaban J connectivity index is 0.000000771. The minimum atomic E-state index is -0.978. The first-order chi connectivity index (χ1) is 8.59. The molecule has 18 heavy (non-hydrogen) atoms. The predicted molar refractivity (Wildman–Crippen MR) is 75.3 cm³/mol. The Morgan fingerprint density at radius 1 is 1.22 bits per heavy atom. The zero-order valence-corrected chi connectivity index (χ0v) is 11.8. The van der Waals surface area contributed by atoms with Gasteiger partial charge in [-0.15, -0.1) is 11.3 Å². The van der Waals surface area contributed by atoms with Gasteiger partial charge in [0.1, 0.15) is 5.01 Å². The number of aryl methyl sites for hydroxylation is 2. The molecule has 3 nitrogen and oxygen atoms in total. The zero-order chi connectivity index (χ0) is 13.7. The van der Waals surface area contributed by atoms with Crippen LogP contribution in [-0.2, 0) is 0 Å². The molecule has 0 aliphatic heterocycles. The third kappa shape index (κ3) is 2.96. The van der Waals surface area contributed by atoms with E-state index in [0.29, 0.717) is 0 Å². The molecule has 0 spiro atoms. The van der Waals surface area contributed by atoms with Gasteiger partial charge in [0, 0.05) is 10.9 Å². The molecular weight excluding hydrogens is 246 g/mol. The third-order valence-corrected chi connectivity index (χ3v) is 3.28. The van der Waals surface area contributed by atoms with E-state index in [0.717, 1.165) is 21.7 Å². The quantitative estimate of drug-likeness (QED) is 0.885. The molecule has 0 unspecified atom stereocenters. The summed E-state index contributed by atoms with van der Waals surface area (Å²) in [5.41, 5.74) is 3.39. The number of nitrogens with zero attached hydrogens (tertiary/aromatic N) is 1. The first kappa shape index (κ1) is 14.4. The number of benzene rings is 1. The summed E-state index contributed by atoms with van der Waals surface area (Å²) in [4.78, 5) is 14.9. The van der Waals surface area contributed by atoms with Gasteiger partial charge in [-0.1, -0.05) is 32.0 Å². The molecule has 0 fully saturated rings. The Kier molecular flexibility index (Phi) is 5.04. The Hall–Kier alpha value is -1.68. The molecule has 4 heteroatoms. The molecule has 1 N–H and O–H groups in total. The number of rotatable bonds is 2. The van der Waals surface area contributed by atoms with E-state index < -0.39 is 5.97 Å². The van der Waals surface area contributed by atoms with Gasteiger partial charge in [0.25, 0.3) is 0 Å². The largest absolute Gasteiger partial charge is 0.476 e. The van der Waals surface area contributed by atoms with E-state index in [9.17, 15) is 4.79 Å². The molecule has 0 atom stereocenters. The molecule has 2 rings (SSSR count). The fourth-order valence-corrected chi connectivity index (χ4v) is 2.61. The number of carboxylic acid groups (broad SMARTS) is 1. The molecule has 0 radical (unpaired) electrons. The Morgan fingerprint density at radius 2 is 1.78 bits per heavy atom. The van der Waals surface area contributed by atoms with E-state index in [1.54, 1.807) is 5.38 Å². The lowest BCUT2D eigenvalue weighted by Crippen LogP contribution is -1.96. The van der Waals surface area contributed by atoms with Crippen LogP contribution in [0.5, 0.6) is 0 Å². The number of aromatic carboxylic acids is 1. The van der Waals surface area contributed by atoms with Gasteiger partial charge in [-0.25, -0.2) is 9.78 Å². The van der Waals surface area contributed by atoms with Gasteiger partial charge < -0.3 is 5.11 Å². The van der Waals surface area contributed by atoms with Crippen LogP contribution in [-0.4, -0.2) is 16.1 Å². The van der Waals surface area contributed by atoms with Crippen molar-refractivity contribution in [2.45, 2.75) is 27.7 Å². The highest BCUT2D eigenvalue weighted by Crippen LogP contribution is 2.29. The first-order valence-corrected chi connectivity index (χ1v) is 6.73. The fourth-order valence-electron chi connectivity index (χ4n) is 1.64. The average molecular weight is 263 g/mol. The molecule has 0 saturated carbocycles. The maximum atomic E-state index is 10.8. The van der Waals surface area contributed by atoms with Crippen LogP contribution in [0.4, 0.5) is 0 Å². The molecule has 0 bridgehead atoms. The van der Waals surface area contributed by atoms with Gasteiger partial charge in [0.2, 0.25) is 0 Å². The van der Waals surface area contributed by atoms with Crippen molar-refractivity contribution in [2.24, 2.45) is 0 Å². The molecular formula is C14H17NO2S. The van der Waals surface area contributed by atoms with E-state index >= 15 is 0 Å². The SMILES string of the molecule is CC.Cc1cccc(C)c1-c1nc(C(=O)O)cs1. The van der Waals surface area contributed by atoms with Crippen molar-refractivity contribution in [2.75, 3.05) is 0 Å². The van der Waals surface area contributed by atoms with Gasteiger partial charge in [-0.3, -0.25) is 0 Å². The highest BCUT2D eigenvalue weighted by Gasteiger charge is 2.13. The van der Waals surface area contributed by atoms with Crippen LogP contribution < -0.4 is 0 Å². The summed E-state index contributed by atoms with van der Waals surface area (Å²) in [5, 5.41) is 11.2.